The third kappa shape index (κ3) is 2.81. The molecule has 2 rings (SSSR count). The van der Waals surface area contributed by atoms with E-state index in [9.17, 15) is 9.90 Å². The zero-order chi connectivity index (χ0) is 14.8. The second-order valence-electron chi connectivity index (χ2n) is 5.02. The van der Waals surface area contributed by atoms with Crippen LogP contribution in [-0.2, 0) is 10.3 Å². The van der Waals surface area contributed by atoms with Gasteiger partial charge in [-0.15, -0.1) is 0 Å². The summed E-state index contributed by atoms with van der Waals surface area (Å²) >= 11 is 0. The van der Waals surface area contributed by atoms with Gasteiger partial charge < -0.3 is 16.2 Å². The third-order valence-corrected chi connectivity index (χ3v) is 3.31. The van der Waals surface area contributed by atoms with Crippen molar-refractivity contribution in [3.05, 3.63) is 59.7 Å². The number of benzene rings is 2. The smallest absolute Gasteiger partial charge is 0.248 e. The minimum Gasteiger partial charge on any atom is -0.508 e. The van der Waals surface area contributed by atoms with Crippen molar-refractivity contribution >= 4 is 11.6 Å². The Labute approximate surface area is 118 Å². The highest BCUT2D eigenvalue weighted by Gasteiger charge is 2.30. The van der Waals surface area contributed by atoms with Crippen LogP contribution in [0.3, 0.4) is 0 Å². The van der Waals surface area contributed by atoms with E-state index in [4.69, 9.17) is 5.73 Å². The maximum absolute atomic E-state index is 12.3. The number of phenols is 1. The number of phenolic OH excluding ortho intramolecular Hbond substituents is 1. The summed E-state index contributed by atoms with van der Waals surface area (Å²) in [5.41, 5.74) is 6.99. The maximum atomic E-state index is 12.3. The minimum atomic E-state index is -1.14. The highest BCUT2D eigenvalue weighted by molar-refractivity contribution is 5.98. The normalized spacial score (nSPS) is 13.6. The van der Waals surface area contributed by atoms with Gasteiger partial charge >= 0.3 is 0 Å². The van der Waals surface area contributed by atoms with E-state index in [0.717, 1.165) is 11.1 Å². The molecule has 0 aliphatic heterocycles. The fourth-order valence-electron chi connectivity index (χ4n) is 1.86. The van der Waals surface area contributed by atoms with E-state index in [1.807, 2.05) is 30.3 Å². The largest absolute Gasteiger partial charge is 0.508 e. The van der Waals surface area contributed by atoms with Crippen LogP contribution < -0.4 is 11.1 Å². The molecule has 104 valence electrons. The highest BCUT2D eigenvalue weighted by atomic mass is 16.3. The van der Waals surface area contributed by atoms with E-state index in [1.165, 1.54) is 6.07 Å². The van der Waals surface area contributed by atoms with Crippen LogP contribution in [0.5, 0.6) is 5.75 Å². The van der Waals surface area contributed by atoms with Crippen LogP contribution in [0.1, 0.15) is 18.1 Å². The number of rotatable bonds is 3. The molecule has 0 saturated heterocycles. The molecule has 0 radical (unpaired) electrons. The van der Waals surface area contributed by atoms with Crippen molar-refractivity contribution < 1.29 is 9.90 Å². The molecule has 0 aliphatic rings. The van der Waals surface area contributed by atoms with Crippen molar-refractivity contribution in [1.82, 2.24) is 0 Å². The van der Waals surface area contributed by atoms with Gasteiger partial charge in [0, 0.05) is 11.8 Å². The van der Waals surface area contributed by atoms with Gasteiger partial charge in [0.25, 0.3) is 0 Å². The molecule has 0 aromatic heterocycles. The first-order valence-corrected chi connectivity index (χ1v) is 6.37. The fraction of sp³-hybridized carbons (Fsp3) is 0.188. The van der Waals surface area contributed by atoms with Gasteiger partial charge in [-0.25, -0.2) is 0 Å². The van der Waals surface area contributed by atoms with Gasteiger partial charge in [0.05, 0.1) is 0 Å². The predicted octanol–water partition coefficient (Wildman–Crippen LogP) is 2.51. The Morgan fingerprint density at radius 3 is 2.45 bits per heavy atom. The van der Waals surface area contributed by atoms with E-state index in [0.29, 0.717) is 5.69 Å². The van der Waals surface area contributed by atoms with E-state index in [2.05, 4.69) is 5.32 Å². The lowest BCUT2D eigenvalue weighted by Crippen LogP contribution is -2.45. The molecule has 1 amide bonds. The van der Waals surface area contributed by atoms with Crippen molar-refractivity contribution in [1.29, 1.82) is 0 Å². The van der Waals surface area contributed by atoms with Gasteiger partial charge in [0.1, 0.15) is 11.3 Å². The second kappa shape index (κ2) is 5.35. The van der Waals surface area contributed by atoms with Crippen LogP contribution in [0, 0.1) is 6.92 Å². The molecule has 4 nitrogen and oxygen atoms in total. The van der Waals surface area contributed by atoms with Gasteiger partial charge in [0.15, 0.2) is 0 Å². The number of hydrogen-bond acceptors (Lipinski definition) is 3. The molecule has 0 saturated carbocycles. The summed E-state index contributed by atoms with van der Waals surface area (Å²) in [5.74, 6) is -0.187. The quantitative estimate of drug-likeness (QED) is 0.802. The number of carbonyl (C=O) groups excluding carboxylic acids is 1. The molecule has 4 heteroatoms. The van der Waals surface area contributed by atoms with Crippen LogP contribution in [-0.4, -0.2) is 11.0 Å². The summed E-state index contributed by atoms with van der Waals surface area (Å²) in [6.45, 7) is 3.45. The topological polar surface area (TPSA) is 75.4 Å². The number of carbonyl (C=O) groups is 1. The summed E-state index contributed by atoms with van der Waals surface area (Å²) in [6.07, 6.45) is 0. The van der Waals surface area contributed by atoms with Crippen molar-refractivity contribution in [2.75, 3.05) is 5.32 Å². The molecule has 20 heavy (non-hydrogen) atoms. The summed E-state index contributed by atoms with van der Waals surface area (Å²) in [7, 11) is 0. The van der Waals surface area contributed by atoms with E-state index in [1.54, 1.807) is 26.0 Å². The van der Waals surface area contributed by atoms with Crippen molar-refractivity contribution in [2.45, 2.75) is 19.4 Å². The van der Waals surface area contributed by atoms with Crippen LogP contribution >= 0.6 is 0 Å². The Bertz CT molecular complexity index is 622. The molecular formula is C16H18N2O2. The van der Waals surface area contributed by atoms with E-state index < -0.39 is 5.54 Å². The maximum Gasteiger partial charge on any atom is 0.248 e. The van der Waals surface area contributed by atoms with Gasteiger partial charge in [0.2, 0.25) is 5.91 Å². The zero-order valence-corrected chi connectivity index (χ0v) is 11.6. The highest BCUT2D eigenvalue weighted by Crippen LogP contribution is 2.23. The number of nitrogens with one attached hydrogen (secondary N) is 1. The van der Waals surface area contributed by atoms with Gasteiger partial charge in [-0.3, -0.25) is 4.79 Å². The molecule has 0 fully saturated rings. The zero-order valence-electron chi connectivity index (χ0n) is 11.6. The minimum absolute atomic E-state index is 0.140. The van der Waals surface area contributed by atoms with Crippen LogP contribution in [0.15, 0.2) is 48.5 Å². The second-order valence-corrected chi connectivity index (χ2v) is 5.02. The van der Waals surface area contributed by atoms with Gasteiger partial charge in [-0.2, -0.15) is 0 Å². The fourth-order valence-corrected chi connectivity index (χ4v) is 1.86. The van der Waals surface area contributed by atoms with Crippen molar-refractivity contribution in [2.24, 2.45) is 5.73 Å². The summed E-state index contributed by atoms with van der Waals surface area (Å²) in [4.78, 5) is 12.3. The number of aryl methyl sites for hydroxylation is 1. The number of aromatic hydroxyl groups is 1. The predicted molar refractivity (Wildman–Crippen MR) is 79.5 cm³/mol. The molecule has 2 aromatic rings. The van der Waals surface area contributed by atoms with Crippen LogP contribution in [0.4, 0.5) is 5.69 Å². The number of hydrogen-bond donors (Lipinski definition) is 3. The molecular weight excluding hydrogens is 252 g/mol. The average Bonchev–Trinajstić information content (AvgIpc) is 2.44. The van der Waals surface area contributed by atoms with Gasteiger partial charge in [-0.05, 0) is 31.0 Å². The summed E-state index contributed by atoms with van der Waals surface area (Å²) in [6, 6.07) is 14.1. The van der Waals surface area contributed by atoms with E-state index >= 15 is 0 Å². The van der Waals surface area contributed by atoms with Crippen LogP contribution in [0.25, 0.3) is 0 Å². The first kappa shape index (κ1) is 14.1. The van der Waals surface area contributed by atoms with Crippen LogP contribution in [0.2, 0.25) is 0 Å². The monoisotopic (exact) mass is 270 g/mol. The lowest BCUT2D eigenvalue weighted by molar-refractivity contribution is -0.120. The van der Waals surface area contributed by atoms with E-state index in [-0.39, 0.29) is 11.7 Å². The van der Waals surface area contributed by atoms with Gasteiger partial charge in [-0.1, -0.05) is 36.4 Å². The molecule has 4 N–H and O–H groups in total. The summed E-state index contributed by atoms with van der Waals surface area (Å²) < 4.78 is 0. The molecule has 2 aromatic carbocycles. The first-order chi connectivity index (χ1) is 9.41. The number of amides is 1. The molecule has 1 unspecified atom stereocenters. The SMILES string of the molecule is Cc1ccc(NC(=O)C(C)(N)c2ccccc2)cc1O. The standard InChI is InChI=1S/C16H18N2O2/c1-11-8-9-13(10-14(11)19)18-15(20)16(2,17)12-6-4-3-5-7-12/h3-10,19H,17H2,1-2H3,(H,18,20). The summed E-state index contributed by atoms with van der Waals surface area (Å²) in [5, 5.41) is 12.4. The Morgan fingerprint density at radius 1 is 1.20 bits per heavy atom. The molecule has 1 atom stereocenters. The van der Waals surface area contributed by atoms with Crippen molar-refractivity contribution in [3.8, 4) is 5.75 Å². The number of anilines is 1. The average molecular weight is 270 g/mol. The third-order valence-electron chi connectivity index (χ3n) is 3.31. The molecule has 0 spiro atoms. The Kier molecular flexibility index (Phi) is 3.77. The lowest BCUT2D eigenvalue weighted by atomic mass is 9.92. The molecule has 0 bridgehead atoms. The molecule has 0 aliphatic carbocycles. The first-order valence-electron chi connectivity index (χ1n) is 6.37. The Morgan fingerprint density at radius 2 is 1.85 bits per heavy atom. The van der Waals surface area contributed by atoms with Crippen molar-refractivity contribution in [3.63, 3.8) is 0 Å². The Balaban J connectivity index is 2.21. The number of nitrogens with two attached hydrogens (primary N) is 1. The molecule has 0 heterocycles. The lowest BCUT2D eigenvalue weighted by Gasteiger charge is -2.24. The Hall–Kier alpha value is -2.33.